The van der Waals surface area contributed by atoms with Crippen molar-refractivity contribution in [1.29, 1.82) is 0 Å². The van der Waals surface area contributed by atoms with E-state index in [4.69, 9.17) is 22.3 Å². The highest BCUT2D eigenvalue weighted by molar-refractivity contribution is 6.31. The smallest absolute Gasteiger partial charge is 0.217 e. The van der Waals surface area contributed by atoms with Crippen LogP contribution < -0.4 is 11.1 Å². The lowest BCUT2D eigenvalue weighted by Gasteiger charge is -2.34. The summed E-state index contributed by atoms with van der Waals surface area (Å²) in [6.07, 6.45) is 4.47. The van der Waals surface area contributed by atoms with Crippen molar-refractivity contribution in [1.82, 2.24) is 10.2 Å². The van der Waals surface area contributed by atoms with Gasteiger partial charge in [0.1, 0.15) is 0 Å². The minimum atomic E-state index is -0.214. The van der Waals surface area contributed by atoms with Gasteiger partial charge in [0, 0.05) is 37.6 Å². The Hall–Kier alpha value is -1.75. The molecule has 1 amide bonds. The molecule has 1 aromatic carbocycles. The van der Waals surface area contributed by atoms with Crippen LogP contribution in [-0.2, 0) is 11.2 Å². The van der Waals surface area contributed by atoms with Gasteiger partial charge in [0.15, 0.2) is 5.96 Å². The predicted molar refractivity (Wildman–Crippen MR) is 104 cm³/mol. The molecular weight excluding hydrogens is 336 g/mol. The number of likely N-dealkylation sites (tertiary alicyclic amines) is 1. The van der Waals surface area contributed by atoms with Gasteiger partial charge in [-0.3, -0.25) is 9.79 Å². The van der Waals surface area contributed by atoms with E-state index in [1.165, 1.54) is 5.56 Å². The van der Waals surface area contributed by atoms with Crippen molar-refractivity contribution in [2.45, 2.75) is 39.0 Å². The zero-order valence-corrected chi connectivity index (χ0v) is 15.8. The molecule has 0 spiro atoms. The average Bonchev–Trinajstić information content (AvgIpc) is 2.59. The van der Waals surface area contributed by atoms with Gasteiger partial charge in [-0.1, -0.05) is 29.8 Å². The molecule has 1 aliphatic rings. The van der Waals surface area contributed by atoms with Gasteiger partial charge in [-0.15, -0.1) is 0 Å². The van der Waals surface area contributed by atoms with Crippen molar-refractivity contribution in [3.05, 3.63) is 34.9 Å². The highest BCUT2D eigenvalue weighted by Gasteiger charge is 2.23. The number of primary amides is 1. The Bertz CT molecular complexity index is 591. The van der Waals surface area contributed by atoms with E-state index in [1.54, 1.807) is 0 Å². The molecule has 1 saturated heterocycles. The number of nitrogens with one attached hydrogen (secondary N) is 1. The molecule has 1 atom stereocenters. The third-order valence-electron chi connectivity index (χ3n) is 4.47. The maximum Gasteiger partial charge on any atom is 0.217 e. The number of nitrogens with zero attached hydrogens (tertiary/aromatic N) is 2. The number of benzene rings is 1. The Morgan fingerprint density at radius 2 is 2.24 bits per heavy atom. The maximum atomic E-state index is 11.2. The topological polar surface area (TPSA) is 70.7 Å². The Morgan fingerprint density at radius 3 is 2.96 bits per heavy atom. The first-order valence-electron chi connectivity index (χ1n) is 9.15. The highest BCUT2D eigenvalue weighted by atomic mass is 35.5. The van der Waals surface area contributed by atoms with Crippen LogP contribution >= 0.6 is 11.6 Å². The van der Waals surface area contributed by atoms with E-state index >= 15 is 0 Å². The fraction of sp³-hybridized carbons (Fsp3) is 0.579. The van der Waals surface area contributed by atoms with Crippen LogP contribution in [0.1, 0.15) is 38.2 Å². The molecule has 0 radical (unpaired) electrons. The van der Waals surface area contributed by atoms with E-state index in [0.717, 1.165) is 62.8 Å². The molecule has 25 heavy (non-hydrogen) atoms. The number of piperidine rings is 1. The van der Waals surface area contributed by atoms with Gasteiger partial charge >= 0.3 is 0 Å². The molecule has 1 heterocycles. The van der Waals surface area contributed by atoms with Gasteiger partial charge < -0.3 is 16.0 Å². The summed E-state index contributed by atoms with van der Waals surface area (Å²) in [6.45, 7) is 5.49. The quantitative estimate of drug-likeness (QED) is 0.444. The largest absolute Gasteiger partial charge is 0.370 e. The van der Waals surface area contributed by atoms with Crippen LogP contribution in [0, 0.1) is 5.92 Å². The second-order valence-corrected chi connectivity index (χ2v) is 6.96. The normalized spacial score (nSPS) is 18.2. The van der Waals surface area contributed by atoms with Crippen LogP contribution in [0.15, 0.2) is 29.3 Å². The van der Waals surface area contributed by atoms with Gasteiger partial charge in [-0.2, -0.15) is 0 Å². The number of aryl methyl sites for hydroxylation is 1. The molecule has 0 saturated carbocycles. The summed E-state index contributed by atoms with van der Waals surface area (Å²) in [7, 11) is 0. The predicted octanol–water partition coefficient (Wildman–Crippen LogP) is 2.83. The van der Waals surface area contributed by atoms with Crippen LogP contribution in [0.5, 0.6) is 0 Å². The summed E-state index contributed by atoms with van der Waals surface area (Å²) in [5, 5.41) is 4.19. The van der Waals surface area contributed by atoms with Crippen LogP contribution in [-0.4, -0.2) is 42.9 Å². The van der Waals surface area contributed by atoms with Gasteiger partial charge in [-0.05, 0) is 50.2 Å². The molecule has 0 aliphatic carbocycles. The Labute approximate surface area is 155 Å². The molecule has 138 valence electrons. The number of hydrogen-bond donors (Lipinski definition) is 2. The number of rotatable bonds is 7. The molecule has 2 rings (SSSR count). The van der Waals surface area contributed by atoms with Gasteiger partial charge in [0.25, 0.3) is 0 Å². The first-order valence-corrected chi connectivity index (χ1v) is 9.53. The minimum Gasteiger partial charge on any atom is -0.370 e. The van der Waals surface area contributed by atoms with Crippen molar-refractivity contribution in [2.75, 3.05) is 26.2 Å². The minimum absolute atomic E-state index is 0.214. The zero-order chi connectivity index (χ0) is 18.1. The lowest BCUT2D eigenvalue weighted by atomic mass is 9.95. The van der Waals surface area contributed by atoms with E-state index in [9.17, 15) is 4.79 Å². The summed E-state index contributed by atoms with van der Waals surface area (Å²) in [6, 6.07) is 7.96. The number of halogens is 1. The standard InChI is InChI=1S/C19H29ClN4O/c1-2-22-19(24-12-6-7-15(14-24)13-18(21)25)23-11-5-9-16-8-3-4-10-17(16)20/h3-4,8,10,15H,2,5-7,9,11-14H2,1H3,(H2,21,25)(H,22,23). The second-order valence-electron chi connectivity index (χ2n) is 6.56. The maximum absolute atomic E-state index is 11.2. The lowest BCUT2D eigenvalue weighted by Crippen LogP contribution is -2.47. The summed E-state index contributed by atoms with van der Waals surface area (Å²) in [4.78, 5) is 18.2. The van der Waals surface area contributed by atoms with Crippen molar-refractivity contribution >= 4 is 23.5 Å². The molecule has 1 aromatic rings. The Morgan fingerprint density at radius 1 is 1.44 bits per heavy atom. The molecule has 1 unspecified atom stereocenters. The highest BCUT2D eigenvalue weighted by Crippen LogP contribution is 2.20. The van der Waals surface area contributed by atoms with Crippen LogP contribution in [0.25, 0.3) is 0 Å². The third kappa shape index (κ3) is 6.58. The Kier molecular flexibility index (Phi) is 8.06. The molecule has 3 N–H and O–H groups in total. The lowest BCUT2D eigenvalue weighted by molar-refractivity contribution is -0.119. The van der Waals surface area contributed by atoms with Gasteiger partial charge in [0.05, 0.1) is 0 Å². The SMILES string of the molecule is CCNC(=NCCCc1ccccc1Cl)N1CCCC(CC(N)=O)C1. The molecule has 6 heteroatoms. The van der Waals surface area contributed by atoms with Gasteiger partial charge in [-0.25, -0.2) is 0 Å². The third-order valence-corrected chi connectivity index (χ3v) is 4.84. The van der Waals surface area contributed by atoms with Crippen LogP contribution in [0.4, 0.5) is 0 Å². The first-order chi connectivity index (χ1) is 12.1. The molecular formula is C19H29ClN4O. The number of aliphatic imine (C=N–C) groups is 1. The molecule has 1 fully saturated rings. The molecule has 0 aromatic heterocycles. The van der Waals surface area contributed by atoms with Crippen molar-refractivity contribution in [3.63, 3.8) is 0 Å². The van der Waals surface area contributed by atoms with Crippen LogP contribution in [0.2, 0.25) is 5.02 Å². The number of carbonyl (C=O) groups is 1. The average molecular weight is 365 g/mol. The zero-order valence-electron chi connectivity index (χ0n) is 15.0. The molecule has 5 nitrogen and oxygen atoms in total. The number of hydrogen-bond acceptors (Lipinski definition) is 2. The number of amides is 1. The van der Waals surface area contributed by atoms with E-state index in [0.29, 0.717) is 12.3 Å². The summed E-state index contributed by atoms with van der Waals surface area (Å²) in [5.41, 5.74) is 6.53. The first kappa shape index (κ1) is 19.6. The van der Waals surface area contributed by atoms with Crippen LogP contribution in [0.3, 0.4) is 0 Å². The summed E-state index contributed by atoms with van der Waals surface area (Å²) >= 11 is 6.20. The fourth-order valence-electron chi connectivity index (χ4n) is 3.29. The van der Waals surface area contributed by atoms with Crippen molar-refractivity contribution < 1.29 is 4.79 Å². The van der Waals surface area contributed by atoms with E-state index in [2.05, 4.69) is 23.2 Å². The van der Waals surface area contributed by atoms with Crippen molar-refractivity contribution in [2.24, 2.45) is 16.6 Å². The van der Waals surface area contributed by atoms with Gasteiger partial charge in [0.2, 0.25) is 5.91 Å². The molecule has 1 aliphatic heterocycles. The number of nitrogens with two attached hydrogens (primary N) is 1. The number of guanidine groups is 1. The Balaban J connectivity index is 1.89. The molecule has 0 bridgehead atoms. The second kappa shape index (κ2) is 10.3. The van der Waals surface area contributed by atoms with E-state index in [-0.39, 0.29) is 5.91 Å². The monoisotopic (exact) mass is 364 g/mol. The van der Waals surface area contributed by atoms with Crippen molar-refractivity contribution in [3.8, 4) is 0 Å². The summed E-state index contributed by atoms with van der Waals surface area (Å²) in [5.74, 6) is 1.06. The fourth-order valence-corrected chi connectivity index (χ4v) is 3.52. The summed E-state index contributed by atoms with van der Waals surface area (Å²) < 4.78 is 0. The number of carbonyl (C=O) groups excluding carboxylic acids is 1. The van der Waals surface area contributed by atoms with E-state index < -0.39 is 0 Å². The van der Waals surface area contributed by atoms with E-state index in [1.807, 2.05) is 18.2 Å².